The first-order valence-electron chi connectivity index (χ1n) is 11.1. The number of halogens is 1. The van der Waals surface area contributed by atoms with Crippen LogP contribution in [0.5, 0.6) is 17.2 Å². The number of ether oxygens (including phenoxy) is 3. The van der Waals surface area contributed by atoms with Crippen molar-refractivity contribution < 1.29 is 19.3 Å². The summed E-state index contributed by atoms with van der Waals surface area (Å²) in [6.45, 7) is 7.98. The summed E-state index contributed by atoms with van der Waals surface area (Å²) in [4.78, 5) is 9.14. The summed E-state index contributed by atoms with van der Waals surface area (Å²) in [6, 6.07) is 11.3. The number of β-amino-alcohol motifs (C(OH)–C–C–N with tert-alkyl or cyclic N) is 1. The van der Waals surface area contributed by atoms with Gasteiger partial charge in [0, 0.05) is 56.4 Å². The maximum absolute atomic E-state index is 10.4. The predicted octanol–water partition coefficient (Wildman–Crippen LogP) is 3.70. The highest BCUT2D eigenvalue weighted by Crippen LogP contribution is 2.30. The molecule has 1 fully saturated rings. The summed E-state index contributed by atoms with van der Waals surface area (Å²) in [5, 5.41) is 12.1. The van der Waals surface area contributed by atoms with E-state index in [1.54, 1.807) is 30.6 Å². The number of benzene rings is 2. The van der Waals surface area contributed by atoms with Crippen LogP contribution in [-0.2, 0) is 0 Å². The average molecular weight is 492 g/mol. The summed E-state index contributed by atoms with van der Waals surface area (Å²) in [5.41, 5.74) is 0.944. The number of fused-ring (bicyclic) bond motifs is 1. The smallest absolute Gasteiger partial charge is 0.162 e. The Morgan fingerprint density at radius 2 is 1.85 bits per heavy atom. The first kappa shape index (κ1) is 24.0. The predicted molar refractivity (Wildman–Crippen MR) is 132 cm³/mol. The van der Waals surface area contributed by atoms with E-state index in [0.717, 1.165) is 53.7 Å². The van der Waals surface area contributed by atoms with Gasteiger partial charge >= 0.3 is 0 Å². The molecular formula is C24H30ClN3O4S. The second kappa shape index (κ2) is 11.4. The Bertz CT molecular complexity index is 1060. The van der Waals surface area contributed by atoms with Crippen LogP contribution in [0.15, 0.2) is 36.4 Å². The molecule has 2 heterocycles. The maximum Gasteiger partial charge on any atom is 0.162 e. The first-order chi connectivity index (χ1) is 16.0. The van der Waals surface area contributed by atoms with Crippen molar-refractivity contribution in [3.63, 3.8) is 0 Å². The van der Waals surface area contributed by atoms with Crippen LogP contribution in [0.3, 0.4) is 0 Å². The first-order valence-corrected chi connectivity index (χ1v) is 12.3. The van der Waals surface area contributed by atoms with Gasteiger partial charge in [-0.15, -0.1) is 11.3 Å². The molecule has 33 heavy (non-hydrogen) atoms. The van der Waals surface area contributed by atoms with Gasteiger partial charge in [-0.1, -0.05) is 11.6 Å². The van der Waals surface area contributed by atoms with Gasteiger partial charge in [0.05, 0.1) is 22.3 Å². The number of hydrogen-bond donors (Lipinski definition) is 1. The van der Waals surface area contributed by atoms with Crippen molar-refractivity contribution in [2.75, 3.05) is 59.6 Å². The molecule has 7 nitrogen and oxygen atoms in total. The molecule has 1 aliphatic heterocycles. The molecule has 1 aliphatic rings. The van der Waals surface area contributed by atoms with Crippen molar-refractivity contribution in [1.82, 2.24) is 14.8 Å². The van der Waals surface area contributed by atoms with Gasteiger partial charge in [0.1, 0.15) is 25.1 Å². The number of aliphatic hydroxyl groups excluding tert-OH is 1. The Balaban J connectivity index is 1.14. The zero-order valence-corrected chi connectivity index (χ0v) is 20.6. The molecule has 1 atom stereocenters. The van der Waals surface area contributed by atoms with Crippen molar-refractivity contribution in [2.24, 2.45) is 0 Å². The molecular weight excluding hydrogens is 462 g/mol. The largest absolute Gasteiger partial charge is 0.493 e. The van der Waals surface area contributed by atoms with E-state index in [1.807, 2.05) is 31.2 Å². The molecule has 0 unspecified atom stereocenters. The number of hydrogen-bond acceptors (Lipinski definition) is 8. The second-order valence-corrected chi connectivity index (χ2v) is 9.78. The van der Waals surface area contributed by atoms with E-state index in [-0.39, 0.29) is 6.61 Å². The van der Waals surface area contributed by atoms with Gasteiger partial charge in [-0.3, -0.25) is 9.80 Å². The Kier molecular flexibility index (Phi) is 8.27. The quantitative estimate of drug-likeness (QED) is 0.463. The van der Waals surface area contributed by atoms with E-state index in [0.29, 0.717) is 29.7 Å². The molecule has 0 spiro atoms. The second-order valence-electron chi connectivity index (χ2n) is 8.11. The Labute approximate surface area is 203 Å². The summed E-state index contributed by atoms with van der Waals surface area (Å²) in [6.07, 6.45) is -0.537. The van der Waals surface area contributed by atoms with Crippen LogP contribution in [0, 0.1) is 6.92 Å². The highest BCUT2D eigenvalue weighted by Gasteiger charge is 2.20. The van der Waals surface area contributed by atoms with Gasteiger partial charge in [-0.25, -0.2) is 4.98 Å². The molecule has 0 radical (unpaired) electrons. The Morgan fingerprint density at radius 3 is 2.64 bits per heavy atom. The lowest BCUT2D eigenvalue weighted by molar-refractivity contribution is 0.0436. The standard InChI is InChI=1S/C24H30ClN3O4S/c1-17-26-21-14-20(4-6-24(21)33-17)32-16-19(29)15-28-9-7-27(8-10-28)11-12-31-22-5-3-18(25)13-23(22)30-2/h3-6,13-14,19,29H,7-12,15-16H2,1-2H3/t19-/m1/s1. The van der Waals surface area contributed by atoms with Gasteiger partial charge < -0.3 is 19.3 Å². The minimum Gasteiger partial charge on any atom is -0.493 e. The number of nitrogens with zero attached hydrogens (tertiary/aromatic N) is 3. The summed E-state index contributed by atoms with van der Waals surface area (Å²) in [5.74, 6) is 2.09. The van der Waals surface area contributed by atoms with Crippen molar-refractivity contribution in [1.29, 1.82) is 0 Å². The monoisotopic (exact) mass is 491 g/mol. The third-order valence-corrected chi connectivity index (χ3v) is 6.82. The number of methoxy groups -OCH3 is 1. The highest BCUT2D eigenvalue weighted by molar-refractivity contribution is 7.18. The van der Waals surface area contributed by atoms with Crippen molar-refractivity contribution in [3.05, 3.63) is 46.4 Å². The molecule has 4 rings (SSSR count). The van der Waals surface area contributed by atoms with Crippen LogP contribution in [0.4, 0.5) is 0 Å². The molecule has 1 aromatic heterocycles. The SMILES string of the molecule is COc1cc(Cl)ccc1OCCN1CCN(C[C@@H](O)COc2ccc3sc(C)nc3c2)CC1. The molecule has 0 saturated carbocycles. The van der Waals surface area contributed by atoms with Crippen molar-refractivity contribution in [2.45, 2.75) is 13.0 Å². The molecule has 3 aromatic rings. The highest BCUT2D eigenvalue weighted by atomic mass is 35.5. The van der Waals surface area contributed by atoms with Gasteiger partial charge in [0.2, 0.25) is 0 Å². The number of aromatic nitrogens is 1. The number of aliphatic hydroxyl groups is 1. The van der Waals surface area contributed by atoms with E-state index < -0.39 is 6.10 Å². The van der Waals surface area contributed by atoms with Crippen LogP contribution in [0.25, 0.3) is 10.2 Å². The van der Waals surface area contributed by atoms with Crippen molar-refractivity contribution >= 4 is 33.2 Å². The fourth-order valence-corrected chi connectivity index (χ4v) is 4.87. The molecule has 0 aliphatic carbocycles. The maximum atomic E-state index is 10.4. The Morgan fingerprint density at radius 1 is 1.06 bits per heavy atom. The lowest BCUT2D eigenvalue weighted by Crippen LogP contribution is -2.50. The van der Waals surface area contributed by atoms with Gasteiger partial charge in [-0.2, -0.15) is 0 Å². The fraction of sp³-hybridized carbons (Fsp3) is 0.458. The molecule has 1 saturated heterocycles. The molecule has 2 aromatic carbocycles. The molecule has 1 N–H and O–H groups in total. The van der Waals surface area contributed by atoms with E-state index in [9.17, 15) is 5.11 Å². The van der Waals surface area contributed by atoms with E-state index in [2.05, 4.69) is 14.8 Å². The topological polar surface area (TPSA) is 67.3 Å². The lowest BCUT2D eigenvalue weighted by atomic mass is 10.2. The van der Waals surface area contributed by atoms with Gasteiger partial charge in [0.15, 0.2) is 11.5 Å². The minimum absolute atomic E-state index is 0.269. The van der Waals surface area contributed by atoms with Gasteiger partial charge in [0.25, 0.3) is 0 Å². The fourth-order valence-electron chi connectivity index (χ4n) is 3.90. The van der Waals surface area contributed by atoms with E-state index in [4.69, 9.17) is 25.8 Å². The van der Waals surface area contributed by atoms with E-state index >= 15 is 0 Å². The molecule has 178 valence electrons. The Hall–Kier alpha value is -2.10. The van der Waals surface area contributed by atoms with Crippen LogP contribution >= 0.6 is 22.9 Å². The number of aryl methyl sites for hydroxylation is 1. The van der Waals surface area contributed by atoms with E-state index in [1.165, 1.54) is 0 Å². The number of piperazine rings is 1. The number of thiazole rings is 1. The molecule has 0 bridgehead atoms. The molecule has 0 amide bonds. The summed E-state index contributed by atoms with van der Waals surface area (Å²) in [7, 11) is 1.61. The normalized spacial score (nSPS) is 16.1. The number of rotatable bonds is 10. The van der Waals surface area contributed by atoms with Crippen LogP contribution in [0.2, 0.25) is 5.02 Å². The zero-order chi connectivity index (χ0) is 23.2. The zero-order valence-electron chi connectivity index (χ0n) is 19.0. The minimum atomic E-state index is -0.537. The molecule has 9 heteroatoms. The lowest BCUT2D eigenvalue weighted by Gasteiger charge is -2.35. The third-order valence-electron chi connectivity index (χ3n) is 5.63. The van der Waals surface area contributed by atoms with Crippen LogP contribution in [-0.4, -0.2) is 85.6 Å². The third kappa shape index (κ3) is 6.71. The van der Waals surface area contributed by atoms with Crippen molar-refractivity contribution in [3.8, 4) is 17.2 Å². The van der Waals surface area contributed by atoms with Crippen LogP contribution in [0.1, 0.15) is 5.01 Å². The summed E-state index contributed by atoms with van der Waals surface area (Å²) >= 11 is 7.67. The van der Waals surface area contributed by atoms with Crippen LogP contribution < -0.4 is 14.2 Å². The summed E-state index contributed by atoms with van der Waals surface area (Å²) < 4.78 is 18.2. The van der Waals surface area contributed by atoms with Gasteiger partial charge in [-0.05, 0) is 31.2 Å². The average Bonchev–Trinajstić information content (AvgIpc) is 3.19.